The molecule has 0 bridgehead atoms. The predicted octanol–water partition coefficient (Wildman–Crippen LogP) is 3.97. The molecule has 1 aromatic heterocycles. The quantitative estimate of drug-likeness (QED) is 0.679. The fraction of sp³-hybridized carbons (Fsp3) is 0.316. The van der Waals surface area contributed by atoms with Gasteiger partial charge < -0.3 is 15.4 Å². The SMILES string of the molecule is CC(C)[C@@H](C)NC(=O)COC(=O)c1ccc(Cl)cc1NC(=O)c1cccs1. The van der Waals surface area contributed by atoms with Gasteiger partial charge in [0.25, 0.3) is 11.8 Å². The second kappa shape index (κ2) is 9.53. The smallest absolute Gasteiger partial charge is 0.340 e. The molecule has 1 atom stereocenters. The van der Waals surface area contributed by atoms with Crippen LogP contribution in [0.4, 0.5) is 5.69 Å². The van der Waals surface area contributed by atoms with Crippen LogP contribution in [-0.4, -0.2) is 30.4 Å². The summed E-state index contributed by atoms with van der Waals surface area (Å²) in [7, 11) is 0. The van der Waals surface area contributed by atoms with Crippen LogP contribution in [0.3, 0.4) is 0 Å². The summed E-state index contributed by atoms with van der Waals surface area (Å²) >= 11 is 7.26. The number of hydrogen-bond acceptors (Lipinski definition) is 5. The molecule has 8 heteroatoms. The lowest BCUT2D eigenvalue weighted by atomic mass is 10.1. The van der Waals surface area contributed by atoms with Gasteiger partial charge in [-0.3, -0.25) is 9.59 Å². The van der Waals surface area contributed by atoms with E-state index >= 15 is 0 Å². The number of anilines is 1. The molecule has 2 rings (SSSR count). The van der Waals surface area contributed by atoms with Crippen molar-refractivity contribution >= 4 is 46.4 Å². The number of carbonyl (C=O) groups is 3. The number of carbonyl (C=O) groups excluding carboxylic acids is 3. The fourth-order valence-electron chi connectivity index (χ4n) is 2.06. The molecule has 6 nitrogen and oxygen atoms in total. The molecule has 27 heavy (non-hydrogen) atoms. The monoisotopic (exact) mass is 408 g/mol. The standard InChI is InChI=1S/C19H21ClN2O4S/c1-11(2)12(3)21-17(23)10-26-19(25)14-7-6-13(20)9-15(14)22-18(24)16-5-4-8-27-16/h4-9,11-12H,10H2,1-3H3,(H,21,23)(H,22,24)/t12-/m1/s1. The van der Waals surface area contributed by atoms with Gasteiger partial charge in [0.1, 0.15) is 0 Å². The predicted molar refractivity (Wildman–Crippen MR) is 106 cm³/mol. The van der Waals surface area contributed by atoms with Gasteiger partial charge in [0.05, 0.1) is 16.1 Å². The molecule has 1 aromatic carbocycles. The minimum Gasteiger partial charge on any atom is -0.452 e. The molecule has 0 saturated carbocycles. The Hall–Kier alpha value is -2.38. The molecule has 0 radical (unpaired) electrons. The van der Waals surface area contributed by atoms with Crippen LogP contribution in [0.1, 0.15) is 40.8 Å². The Morgan fingerprint density at radius 3 is 2.56 bits per heavy atom. The Morgan fingerprint density at radius 2 is 1.93 bits per heavy atom. The van der Waals surface area contributed by atoms with Crippen molar-refractivity contribution in [3.05, 3.63) is 51.2 Å². The fourth-order valence-corrected chi connectivity index (χ4v) is 2.85. The molecule has 0 saturated heterocycles. The van der Waals surface area contributed by atoms with Crippen molar-refractivity contribution in [1.82, 2.24) is 5.32 Å². The van der Waals surface area contributed by atoms with Gasteiger partial charge in [0.15, 0.2) is 6.61 Å². The summed E-state index contributed by atoms with van der Waals surface area (Å²) in [6.07, 6.45) is 0. The highest BCUT2D eigenvalue weighted by atomic mass is 35.5. The van der Waals surface area contributed by atoms with Gasteiger partial charge in [-0.25, -0.2) is 4.79 Å². The molecule has 0 aliphatic rings. The van der Waals surface area contributed by atoms with Gasteiger partial charge in [-0.2, -0.15) is 0 Å². The number of thiophene rings is 1. The van der Waals surface area contributed by atoms with E-state index in [9.17, 15) is 14.4 Å². The summed E-state index contributed by atoms with van der Waals surface area (Å²) in [5.41, 5.74) is 0.343. The topological polar surface area (TPSA) is 84.5 Å². The van der Waals surface area contributed by atoms with Gasteiger partial charge >= 0.3 is 5.97 Å². The van der Waals surface area contributed by atoms with Crippen LogP contribution in [0.5, 0.6) is 0 Å². The van der Waals surface area contributed by atoms with Crippen LogP contribution in [0, 0.1) is 5.92 Å². The van der Waals surface area contributed by atoms with Crippen LogP contribution in [0.15, 0.2) is 35.7 Å². The lowest BCUT2D eigenvalue weighted by Gasteiger charge is -2.17. The van der Waals surface area contributed by atoms with Crippen molar-refractivity contribution in [2.75, 3.05) is 11.9 Å². The molecule has 0 unspecified atom stereocenters. The van der Waals surface area contributed by atoms with Crippen molar-refractivity contribution < 1.29 is 19.1 Å². The van der Waals surface area contributed by atoms with E-state index in [1.54, 1.807) is 17.5 Å². The third-order valence-corrected chi connectivity index (χ3v) is 5.02. The highest BCUT2D eigenvalue weighted by Crippen LogP contribution is 2.23. The Kier molecular flexibility index (Phi) is 7.38. The highest BCUT2D eigenvalue weighted by Gasteiger charge is 2.18. The largest absolute Gasteiger partial charge is 0.452 e. The van der Waals surface area contributed by atoms with Crippen molar-refractivity contribution in [3.8, 4) is 0 Å². The molecule has 144 valence electrons. The first-order chi connectivity index (χ1) is 12.8. The maximum Gasteiger partial charge on any atom is 0.340 e. The molecule has 2 aromatic rings. The first-order valence-corrected chi connectivity index (χ1v) is 9.64. The molecule has 0 aliphatic heterocycles. The Labute approximate surface area is 166 Å². The van der Waals surface area contributed by atoms with Crippen molar-refractivity contribution in [1.29, 1.82) is 0 Å². The Balaban J connectivity index is 2.05. The molecular weight excluding hydrogens is 388 g/mol. The summed E-state index contributed by atoms with van der Waals surface area (Å²) in [5, 5.41) is 7.54. The normalized spacial score (nSPS) is 11.7. The average Bonchev–Trinajstić information content (AvgIpc) is 3.14. The molecule has 0 fully saturated rings. The zero-order chi connectivity index (χ0) is 20.0. The van der Waals surface area contributed by atoms with E-state index in [4.69, 9.17) is 16.3 Å². The minimum atomic E-state index is -0.722. The first kappa shape index (κ1) is 20.9. The summed E-state index contributed by atoms with van der Waals surface area (Å²) in [5.74, 6) is -1.20. The molecule has 2 amide bonds. The summed E-state index contributed by atoms with van der Waals surface area (Å²) in [6, 6.07) is 7.81. The van der Waals surface area contributed by atoms with Crippen LogP contribution < -0.4 is 10.6 Å². The van der Waals surface area contributed by atoms with Gasteiger partial charge in [-0.1, -0.05) is 31.5 Å². The summed E-state index contributed by atoms with van der Waals surface area (Å²) in [4.78, 5) is 37.0. The summed E-state index contributed by atoms with van der Waals surface area (Å²) in [6.45, 7) is 5.43. The van der Waals surface area contributed by atoms with Gasteiger partial charge in [-0.15, -0.1) is 11.3 Å². The maximum atomic E-state index is 12.4. The molecular formula is C19H21ClN2O4S. The van der Waals surface area contributed by atoms with E-state index < -0.39 is 12.6 Å². The highest BCUT2D eigenvalue weighted by molar-refractivity contribution is 7.12. The number of rotatable bonds is 7. The number of nitrogens with one attached hydrogen (secondary N) is 2. The number of amides is 2. The van der Waals surface area contributed by atoms with Crippen LogP contribution in [0.2, 0.25) is 5.02 Å². The number of ether oxygens (including phenoxy) is 1. The second-order valence-electron chi connectivity index (χ2n) is 6.30. The lowest BCUT2D eigenvalue weighted by Crippen LogP contribution is -2.38. The maximum absolute atomic E-state index is 12.4. The number of benzene rings is 1. The van der Waals surface area contributed by atoms with E-state index in [0.717, 1.165) is 0 Å². The van der Waals surface area contributed by atoms with E-state index in [1.165, 1.54) is 29.5 Å². The summed E-state index contributed by atoms with van der Waals surface area (Å²) < 4.78 is 5.08. The van der Waals surface area contributed by atoms with Gasteiger partial charge in [0, 0.05) is 11.1 Å². The van der Waals surface area contributed by atoms with Crippen LogP contribution >= 0.6 is 22.9 Å². The minimum absolute atomic E-state index is 0.0348. The first-order valence-electron chi connectivity index (χ1n) is 8.38. The number of esters is 1. The van der Waals surface area contributed by atoms with E-state index in [1.807, 2.05) is 20.8 Å². The third-order valence-electron chi connectivity index (χ3n) is 3.92. The van der Waals surface area contributed by atoms with Crippen molar-refractivity contribution in [2.24, 2.45) is 5.92 Å². The molecule has 1 heterocycles. The second-order valence-corrected chi connectivity index (χ2v) is 7.68. The zero-order valence-electron chi connectivity index (χ0n) is 15.2. The number of halogens is 1. The molecule has 2 N–H and O–H groups in total. The number of hydrogen-bond donors (Lipinski definition) is 2. The zero-order valence-corrected chi connectivity index (χ0v) is 16.8. The Bertz CT molecular complexity index is 821. The van der Waals surface area contributed by atoms with E-state index in [-0.39, 0.29) is 35.0 Å². The third kappa shape index (κ3) is 6.08. The Morgan fingerprint density at radius 1 is 1.19 bits per heavy atom. The van der Waals surface area contributed by atoms with Crippen molar-refractivity contribution in [2.45, 2.75) is 26.8 Å². The van der Waals surface area contributed by atoms with Gasteiger partial charge in [0.2, 0.25) is 0 Å². The van der Waals surface area contributed by atoms with Crippen molar-refractivity contribution in [3.63, 3.8) is 0 Å². The van der Waals surface area contributed by atoms with Gasteiger partial charge in [-0.05, 0) is 42.5 Å². The van der Waals surface area contributed by atoms with E-state index in [2.05, 4.69) is 10.6 Å². The molecule has 0 aliphatic carbocycles. The van der Waals surface area contributed by atoms with Crippen LogP contribution in [-0.2, 0) is 9.53 Å². The lowest BCUT2D eigenvalue weighted by molar-refractivity contribution is -0.125. The average molecular weight is 409 g/mol. The van der Waals surface area contributed by atoms with E-state index in [0.29, 0.717) is 9.90 Å². The van der Waals surface area contributed by atoms with Crippen LogP contribution in [0.25, 0.3) is 0 Å². The molecule has 0 spiro atoms.